The van der Waals surface area contributed by atoms with Crippen LogP contribution in [0.1, 0.15) is 65.2 Å². The fraction of sp³-hybridized carbons (Fsp3) is 0.938. The van der Waals surface area contributed by atoms with E-state index in [1.54, 1.807) is 0 Å². The van der Waals surface area contributed by atoms with E-state index < -0.39 is 0 Å². The van der Waals surface area contributed by atoms with Crippen molar-refractivity contribution in [3.05, 3.63) is 0 Å². The first-order valence-electron chi connectivity index (χ1n) is 8.06. The van der Waals surface area contributed by atoms with E-state index in [4.69, 9.17) is 0 Å². The molecule has 3 rings (SSSR count). The number of hydrogen-bond acceptors (Lipinski definition) is 2. The van der Waals surface area contributed by atoms with Crippen LogP contribution in [-0.2, 0) is 4.79 Å². The molecule has 1 amide bonds. The molecule has 2 saturated carbocycles. The molecule has 1 heterocycles. The Morgan fingerprint density at radius 3 is 2.47 bits per heavy atom. The van der Waals surface area contributed by atoms with Gasteiger partial charge in [0.1, 0.15) is 0 Å². The lowest BCUT2D eigenvalue weighted by Crippen LogP contribution is -2.57. The molecular formula is C16H28N2O. The van der Waals surface area contributed by atoms with E-state index in [9.17, 15) is 4.79 Å². The molecule has 3 aliphatic rings. The van der Waals surface area contributed by atoms with Crippen molar-refractivity contribution < 1.29 is 4.79 Å². The third-order valence-corrected chi connectivity index (χ3v) is 5.62. The molecule has 3 fully saturated rings. The summed E-state index contributed by atoms with van der Waals surface area (Å²) >= 11 is 0. The van der Waals surface area contributed by atoms with Crippen LogP contribution in [0.25, 0.3) is 0 Å². The van der Waals surface area contributed by atoms with Crippen molar-refractivity contribution in [1.29, 1.82) is 0 Å². The zero-order valence-electron chi connectivity index (χ0n) is 12.4. The van der Waals surface area contributed by atoms with Gasteiger partial charge in [-0.05, 0) is 44.1 Å². The van der Waals surface area contributed by atoms with Crippen LogP contribution in [0.15, 0.2) is 0 Å². The fourth-order valence-electron chi connectivity index (χ4n) is 4.11. The summed E-state index contributed by atoms with van der Waals surface area (Å²) in [5, 5.41) is 7.08. The smallest absolute Gasteiger partial charge is 0.223 e. The Hall–Kier alpha value is -0.570. The molecule has 0 aromatic carbocycles. The number of nitrogens with one attached hydrogen (secondary N) is 2. The molecule has 3 heteroatoms. The zero-order valence-corrected chi connectivity index (χ0v) is 12.4. The number of amides is 1. The van der Waals surface area contributed by atoms with Crippen molar-refractivity contribution >= 4 is 5.91 Å². The van der Waals surface area contributed by atoms with Crippen molar-refractivity contribution in [3.8, 4) is 0 Å². The van der Waals surface area contributed by atoms with Gasteiger partial charge in [0, 0.05) is 17.5 Å². The number of hydrogen-bond donors (Lipinski definition) is 2. The quantitative estimate of drug-likeness (QED) is 0.805. The Bertz CT molecular complexity index is 352. The highest BCUT2D eigenvalue weighted by atomic mass is 16.2. The third-order valence-electron chi connectivity index (χ3n) is 5.62. The standard InChI is InChI=1S/C16H28N2O/c1-15(2)11-13(15)14(19)18-12-6-9-17-16(10-12)7-4-3-5-8-16/h12-13,17H,3-11H2,1-2H3,(H,18,19). The highest BCUT2D eigenvalue weighted by Crippen LogP contribution is 2.51. The van der Waals surface area contributed by atoms with Crippen molar-refractivity contribution in [2.45, 2.75) is 76.8 Å². The summed E-state index contributed by atoms with van der Waals surface area (Å²) in [6.07, 6.45) is 9.99. The van der Waals surface area contributed by atoms with E-state index in [2.05, 4.69) is 24.5 Å². The van der Waals surface area contributed by atoms with Gasteiger partial charge < -0.3 is 10.6 Å². The Balaban J connectivity index is 1.55. The second-order valence-corrected chi connectivity index (χ2v) is 7.71. The molecule has 1 saturated heterocycles. The minimum Gasteiger partial charge on any atom is -0.353 e. The molecule has 19 heavy (non-hydrogen) atoms. The summed E-state index contributed by atoms with van der Waals surface area (Å²) in [5.74, 6) is 0.576. The van der Waals surface area contributed by atoms with Crippen LogP contribution in [0.5, 0.6) is 0 Å². The summed E-state index contributed by atoms with van der Waals surface area (Å²) in [7, 11) is 0. The average molecular weight is 264 g/mol. The molecule has 2 N–H and O–H groups in total. The van der Waals surface area contributed by atoms with Gasteiger partial charge >= 0.3 is 0 Å². The Morgan fingerprint density at radius 2 is 1.84 bits per heavy atom. The Kier molecular flexibility index (Phi) is 3.36. The molecule has 1 aliphatic heterocycles. The predicted octanol–water partition coefficient (Wildman–Crippen LogP) is 2.60. The second kappa shape index (κ2) is 4.76. The summed E-state index contributed by atoms with van der Waals surface area (Å²) in [5.41, 5.74) is 0.590. The van der Waals surface area contributed by atoms with Crippen LogP contribution in [0.4, 0.5) is 0 Å². The maximum Gasteiger partial charge on any atom is 0.223 e. The second-order valence-electron chi connectivity index (χ2n) is 7.71. The third kappa shape index (κ3) is 2.81. The van der Waals surface area contributed by atoms with Gasteiger partial charge in [-0.1, -0.05) is 33.1 Å². The molecule has 0 aromatic heterocycles. The highest BCUT2D eigenvalue weighted by Gasteiger charge is 2.51. The van der Waals surface area contributed by atoms with E-state index in [1.165, 1.54) is 32.1 Å². The molecule has 0 bridgehead atoms. The van der Waals surface area contributed by atoms with E-state index in [0.29, 0.717) is 17.5 Å². The number of carbonyl (C=O) groups is 1. The SMILES string of the molecule is CC1(C)CC1C(=O)NC1CCNC2(CCCCC2)C1. The maximum absolute atomic E-state index is 12.2. The van der Waals surface area contributed by atoms with Crippen molar-refractivity contribution in [2.75, 3.05) is 6.54 Å². The van der Waals surface area contributed by atoms with E-state index >= 15 is 0 Å². The number of carbonyl (C=O) groups excluding carboxylic acids is 1. The minimum atomic E-state index is 0.250. The van der Waals surface area contributed by atoms with Crippen LogP contribution in [0, 0.1) is 11.3 Å². The van der Waals surface area contributed by atoms with Crippen LogP contribution in [0.2, 0.25) is 0 Å². The first-order chi connectivity index (χ1) is 9.01. The topological polar surface area (TPSA) is 41.1 Å². The monoisotopic (exact) mass is 264 g/mol. The molecule has 0 aromatic rings. The lowest BCUT2D eigenvalue weighted by atomic mass is 9.75. The van der Waals surface area contributed by atoms with Crippen molar-refractivity contribution in [1.82, 2.24) is 10.6 Å². The van der Waals surface area contributed by atoms with Gasteiger partial charge in [0.05, 0.1) is 0 Å². The van der Waals surface area contributed by atoms with Gasteiger partial charge in [0.2, 0.25) is 5.91 Å². The van der Waals surface area contributed by atoms with Crippen LogP contribution >= 0.6 is 0 Å². The van der Waals surface area contributed by atoms with Gasteiger partial charge in [-0.25, -0.2) is 0 Å². The summed E-state index contributed by atoms with van der Waals surface area (Å²) < 4.78 is 0. The zero-order chi connectivity index (χ0) is 13.5. The van der Waals surface area contributed by atoms with Crippen LogP contribution in [-0.4, -0.2) is 24.0 Å². The number of rotatable bonds is 2. The summed E-state index contributed by atoms with van der Waals surface area (Å²) in [4.78, 5) is 12.2. The lowest BCUT2D eigenvalue weighted by molar-refractivity contribution is -0.124. The van der Waals surface area contributed by atoms with Gasteiger partial charge in [-0.3, -0.25) is 4.79 Å². The molecule has 0 radical (unpaired) electrons. The first-order valence-corrected chi connectivity index (χ1v) is 8.06. The number of piperidine rings is 1. The van der Waals surface area contributed by atoms with E-state index in [-0.39, 0.29) is 11.3 Å². The predicted molar refractivity (Wildman–Crippen MR) is 76.9 cm³/mol. The Morgan fingerprint density at radius 1 is 1.16 bits per heavy atom. The Labute approximate surface area is 116 Å². The van der Waals surface area contributed by atoms with E-state index in [0.717, 1.165) is 25.8 Å². The minimum absolute atomic E-state index is 0.250. The van der Waals surface area contributed by atoms with E-state index in [1.807, 2.05) is 0 Å². The molecule has 108 valence electrons. The van der Waals surface area contributed by atoms with Crippen LogP contribution in [0.3, 0.4) is 0 Å². The fourth-order valence-corrected chi connectivity index (χ4v) is 4.11. The van der Waals surface area contributed by atoms with Crippen molar-refractivity contribution in [3.63, 3.8) is 0 Å². The largest absolute Gasteiger partial charge is 0.353 e. The first kappa shape index (κ1) is 13.4. The molecular weight excluding hydrogens is 236 g/mol. The highest BCUT2D eigenvalue weighted by molar-refractivity contribution is 5.82. The molecule has 1 spiro atoms. The molecule has 2 unspecified atom stereocenters. The van der Waals surface area contributed by atoms with Gasteiger partial charge in [-0.15, -0.1) is 0 Å². The van der Waals surface area contributed by atoms with Gasteiger partial charge in [-0.2, -0.15) is 0 Å². The van der Waals surface area contributed by atoms with Gasteiger partial charge in [0.15, 0.2) is 0 Å². The normalized spacial score (nSPS) is 35.9. The summed E-state index contributed by atoms with van der Waals surface area (Å²) in [6, 6.07) is 0.406. The van der Waals surface area contributed by atoms with Crippen LogP contribution < -0.4 is 10.6 Å². The van der Waals surface area contributed by atoms with Gasteiger partial charge in [0.25, 0.3) is 0 Å². The molecule has 2 atom stereocenters. The lowest BCUT2D eigenvalue weighted by Gasteiger charge is -2.44. The average Bonchev–Trinajstić information content (AvgIpc) is 3.00. The maximum atomic E-state index is 12.2. The van der Waals surface area contributed by atoms with Crippen molar-refractivity contribution in [2.24, 2.45) is 11.3 Å². The summed E-state index contributed by atoms with van der Waals surface area (Å²) in [6.45, 7) is 5.46. The molecule has 2 aliphatic carbocycles. The molecule has 3 nitrogen and oxygen atoms in total.